The minimum Gasteiger partial charge on any atom is -0.489 e. The van der Waals surface area contributed by atoms with Gasteiger partial charge in [0.25, 0.3) is 5.91 Å². The van der Waals surface area contributed by atoms with Gasteiger partial charge in [-0.2, -0.15) is 0 Å². The van der Waals surface area contributed by atoms with E-state index in [1.165, 1.54) is 0 Å². The SMILES string of the molecule is C=C(C)COc1ccc(C(=O)NCCc2cn3ccccc3n2)cc1. The summed E-state index contributed by atoms with van der Waals surface area (Å²) in [5.74, 6) is 0.625. The number of benzene rings is 1. The van der Waals surface area contributed by atoms with E-state index in [0.717, 1.165) is 22.7 Å². The van der Waals surface area contributed by atoms with Gasteiger partial charge in [-0.1, -0.05) is 12.6 Å². The van der Waals surface area contributed by atoms with E-state index in [1.54, 1.807) is 24.3 Å². The lowest BCUT2D eigenvalue weighted by Crippen LogP contribution is -2.25. The highest BCUT2D eigenvalue weighted by molar-refractivity contribution is 5.94. The van der Waals surface area contributed by atoms with E-state index >= 15 is 0 Å². The second-order valence-corrected chi connectivity index (χ2v) is 5.97. The van der Waals surface area contributed by atoms with E-state index in [0.29, 0.717) is 25.1 Å². The summed E-state index contributed by atoms with van der Waals surface area (Å²) in [6, 6.07) is 13.0. The van der Waals surface area contributed by atoms with Crippen LogP contribution in [0.1, 0.15) is 23.0 Å². The van der Waals surface area contributed by atoms with Crippen LogP contribution in [0.15, 0.2) is 67.0 Å². The van der Waals surface area contributed by atoms with Crippen molar-refractivity contribution in [3.63, 3.8) is 0 Å². The maximum Gasteiger partial charge on any atom is 0.251 e. The Balaban J connectivity index is 1.51. The van der Waals surface area contributed by atoms with Gasteiger partial charge in [-0.15, -0.1) is 0 Å². The average molecular weight is 335 g/mol. The summed E-state index contributed by atoms with van der Waals surface area (Å²) in [5, 5.41) is 2.92. The van der Waals surface area contributed by atoms with Crippen LogP contribution >= 0.6 is 0 Å². The van der Waals surface area contributed by atoms with Crippen molar-refractivity contribution in [2.75, 3.05) is 13.2 Å². The molecule has 1 amide bonds. The predicted molar refractivity (Wildman–Crippen MR) is 98.0 cm³/mol. The number of pyridine rings is 1. The van der Waals surface area contributed by atoms with Crippen molar-refractivity contribution in [3.05, 3.63) is 78.3 Å². The highest BCUT2D eigenvalue weighted by atomic mass is 16.5. The molecular formula is C20H21N3O2. The lowest BCUT2D eigenvalue weighted by molar-refractivity contribution is 0.0954. The third-order valence-electron chi connectivity index (χ3n) is 3.68. The van der Waals surface area contributed by atoms with Crippen molar-refractivity contribution in [3.8, 4) is 5.75 Å². The first-order valence-electron chi connectivity index (χ1n) is 8.20. The molecular weight excluding hydrogens is 314 g/mol. The summed E-state index contributed by atoms with van der Waals surface area (Å²) in [5.41, 5.74) is 3.43. The zero-order valence-corrected chi connectivity index (χ0v) is 14.2. The van der Waals surface area contributed by atoms with Crippen molar-refractivity contribution in [1.82, 2.24) is 14.7 Å². The van der Waals surface area contributed by atoms with E-state index in [1.807, 2.05) is 41.9 Å². The van der Waals surface area contributed by atoms with Crippen LogP contribution in [0.25, 0.3) is 5.65 Å². The van der Waals surface area contributed by atoms with Crippen LogP contribution in [0, 0.1) is 0 Å². The molecule has 0 aliphatic rings. The number of carbonyl (C=O) groups is 1. The molecule has 128 valence electrons. The smallest absolute Gasteiger partial charge is 0.251 e. The lowest BCUT2D eigenvalue weighted by atomic mass is 10.2. The zero-order valence-electron chi connectivity index (χ0n) is 14.2. The molecule has 0 bridgehead atoms. The second-order valence-electron chi connectivity index (χ2n) is 5.97. The Morgan fingerprint density at radius 2 is 2.04 bits per heavy atom. The number of rotatable bonds is 7. The first-order valence-corrected chi connectivity index (χ1v) is 8.20. The molecule has 1 aromatic carbocycles. The summed E-state index contributed by atoms with van der Waals surface area (Å²) in [6.07, 6.45) is 4.63. The van der Waals surface area contributed by atoms with Gasteiger partial charge < -0.3 is 14.5 Å². The number of amides is 1. The van der Waals surface area contributed by atoms with E-state index in [2.05, 4.69) is 16.9 Å². The Labute approximate surface area is 147 Å². The van der Waals surface area contributed by atoms with Gasteiger partial charge in [0.1, 0.15) is 18.0 Å². The molecule has 5 nitrogen and oxygen atoms in total. The van der Waals surface area contributed by atoms with E-state index in [9.17, 15) is 4.79 Å². The zero-order chi connectivity index (χ0) is 17.6. The van der Waals surface area contributed by atoms with Crippen LogP contribution in [0.4, 0.5) is 0 Å². The molecule has 3 rings (SSSR count). The molecule has 2 heterocycles. The van der Waals surface area contributed by atoms with Crippen molar-refractivity contribution in [1.29, 1.82) is 0 Å². The van der Waals surface area contributed by atoms with Crippen LogP contribution in [-0.2, 0) is 6.42 Å². The van der Waals surface area contributed by atoms with Gasteiger partial charge in [-0.3, -0.25) is 4.79 Å². The number of fused-ring (bicyclic) bond motifs is 1. The highest BCUT2D eigenvalue weighted by Crippen LogP contribution is 2.13. The molecule has 3 aromatic rings. The molecule has 0 saturated carbocycles. The largest absolute Gasteiger partial charge is 0.489 e. The summed E-state index contributed by atoms with van der Waals surface area (Å²) < 4.78 is 7.50. The summed E-state index contributed by atoms with van der Waals surface area (Å²) in [4.78, 5) is 16.7. The Bertz CT molecular complexity index is 848. The third-order valence-corrected chi connectivity index (χ3v) is 3.68. The van der Waals surface area contributed by atoms with E-state index < -0.39 is 0 Å². The number of hydrogen-bond acceptors (Lipinski definition) is 3. The molecule has 0 atom stereocenters. The van der Waals surface area contributed by atoms with Crippen LogP contribution in [0.5, 0.6) is 5.75 Å². The maximum atomic E-state index is 12.2. The first-order chi connectivity index (χ1) is 12.1. The van der Waals surface area contributed by atoms with Crippen LogP contribution in [0.3, 0.4) is 0 Å². The molecule has 1 N–H and O–H groups in total. The topological polar surface area (TPSA) is 55.6 Å². The molecule has 0 radical (unpaired) electrons. The molecule has 5 heteroatoms. The quantitative estimate of drug-likeness (QED) is 0.674. The van der Waals surface area contributed by atoms with E-state index in [4.69, 9.17) is 4.74 Å². The summed E-state index contributed by atoms with van der Waals surface area (Å²) >= 11 is 0. The van der Waals surface area contributed by atoms with Crippen molar-refractivity contribution in [2.45, 2.75) is 13.3 Å². The van der Waals surface area contributed by atoms with Gasteiger partial charge >= 0.3 is 0 Å². The van der Waals surface area contributed by atoms with Gasteiger partial charge in [0.2, 0.25) is 0 Å². The second kappa shape index (κ2) is 7.66. The monoisotopic (exact) mass is 335 g/mol. The minimum atomic E-state index is -0.102. The van der Waals surface area contributed by atoms with Crippen LogP contribution < -0.4 is 10.1 Å². The third kappa shape index (κ3) is 4.47. The van der Waals surface area contributed by atoms with Gasteiger partial charge in [-0.25, -0.2) is 4.98 Å². The molecule has 2 aromatic heterocycles. The fourth-order valence-electron chi connectivity index (χ4n) is 2.42. The highest BCUT2D eigenvalue weighted by Gasteiger charge is 2.06. The number of nitrogens with zero attached hydrogens (tertiary/aromatic N) is 2. The van der Waals surface area contributed by atoms with Crippen molar-refractivity contribution in [2.24, 2.45) is 0 Å². The predicted octanol–water partition coefficient (Wildman–Crippen LogP) is 3.26. The number of carbonyl (C=O) groups excluding carboxylic acids is 1. The van der Waals surface area contributed by atoms with Gasteiger partial charge in [-0.05, 0) is 48.9 Å². The van der Waals surface area contributed by atoms with Crippen LogP contribution in [0.2, 0.25) is 0 Å². The number of nitrogens with one attached hydrogen (secondary N) is 1. The van der Waals surface area contributed by atoms with Crippen LogP contribution in [-0.4, -0.2) is 28.4 Å². The van der Waals surface area contributed by atoms with E-state index in [-0.39, 0.29) is 5.91 Å². The number of hydrogen-bond donors (Lipinski definition) is 1. The van der Waals surface area contributed by atoms with Crippen molar-refractivity contribution >= 4 is 11.6 Å². The average Bonchev–Trinajstić information content (AvgIpc) is 3.03. The van der Waals surface area contributed by atoms with Crippen molar-refractivity contribution < 1.29 is 9.53 Å². The Morgan fingerprint density at radius 3 is 2.76 bits per heavy atom. The minimum absolute atomic E-state index is 0.102. The fourth-order valence-corrected chi connectivity index (χ4v) is 2.42. The molecule has 0 fully saturated rings. The van der Waals surface area contributed by atoms with Gasteiger partial charge in [0.15, 0.2) is 0 Å². The number of ether oxygens (including phenoxy) is 1. The molecule has 0 saturated heterocycles. The Hall–Kier alpha value is -3.08. The standard InChI is InChI=1S/C20H21N3O2/c1-15(2)14-25-18-8-6-16(7-9-18)20(24)21-11-10-17-13-23-12-4-3-5-19(23)22-17/h3-9,12-13H,1,10-11,14H2,2H3,(H,21,24). The molecule has 25 heavy (non-hydrogen) atoms. The molecule has 0 aliphatic carbocycles. The Kier molecular flexibility index (Phi) is 5.14. The normalized spacial score (nSPS) is 10.6. The first kappa shape index (κ1) is 16.8. The molecule has 0 aliphatic heterocycles. The number of aromatic nitrogens is 2. The molecule has 0 unspecified atom stereocenters. The number of imidazole rings is 1. The summed E-state index contributed by atoms with van der Waals surface area (Å²) in [6.45, 7) is 6.72. The van der Waals surface area contributed by atoms with Gasteiger partial charge in [0, 0.05) is 30.9 Å². The lowest BCUT2D eigenvalue weighted by Gasteiger charge is -2.07. The Morgan fingerprint density at radius 1 is 1.24 bits per heavy atom. The molecule has 0 spiro atoms. The van der Waals surface area contributed by atoms with Gasteiger partial charge in [0.05, 0.1) is 5.69 Å². The fraction of sp³-hybridized carbons (Fsp3) is 0.200. The summed E-state index contributed by atoms with van der Waals surface area (Å²) in [7, 11) is 0. The maximum absolute atomic E-state index is 12.2.